The second kappa shape index (κ2) is 6.64. The van der Waals surface area contributed by atoms with Crippen LogP contribution < -0.4 is 5.32 Å². The highest BCUT2D eigenvalue weighted by Crippen LogP contribution is 2.22. The van der Waals surface area contributed by atoms with Crippen LogP contribution in [0.1, 0.15) is 54.1 Å². The van der Waals surface area contributed by atoms with Gasteiger partial charge in [-0.05, 0) is 30.0 Å². The van der Waals surface area contributed by atoms with Crippen LogP contribution in [0, 0.1) is 0 Å². The first-order chi connectivity index (χ1) is 10.8. The molecule has 122 valence electrons. The third kappa shape index (κ3) is 4.18. The van der Waals surface area contributed by atoms with Crippen LogP contribution in [0.5, 0.6) is 0 Å². The average Bonchev–Trinajstić information content (AvgIpc) is 2.95. The number of esters is 1. The molecule has 23 heavy (non-hydrogen) atoms. The molecule has 6 nitrogen and oxygen atoms in total. The molecule has 1 heterocycles. The van der Waals surface area contributed by atoms with Gasteiger partial charge in [-0.25, -0.2) is 4.79 Å². The number of anilines is 1. The molecule has 1 aromatic heterocycles. The topological polar surface area (TPSA) is 81.4 Å². The zero-order valence-electron chi connectivity index (χ0n) is 13.7. The number of hydrogen-bond acceptors (Lipinski definition) is 5. The fourth-order valence-corrected chi connectivity index (χ4v) is 1.92. The molecule has 0 atom stereocenters. The number of benzene rings is 1. The van der Waals surface area contributed by atoms with E-state index in [1.165, 1.54) is 0 Å². The minimum Gasteiger partial charge on any atom is -0.461 e. The van der Waals surface area contributed by atoms with Crippen LogP contribution in [0.25, 0.3) is 0 Å². The predicted molar refractivity (Wildman–Crippen MR) is 85.6 cm³/mol. The summed E-state index contributed by atoms with van der Waals surface area (Å²) >= 11 is 0. The van der Waals surface area contributed by atoms with Gasteiger partial charge in [0.1, 0.15) is 6.26 Å². The molecule has 0 saturated carbocycles. The lowest BCUT2D eigenvalue weighted by atomic mass is 9.87. The van der Waals surface area contributed by atoms with E-state index in [1.807, 2.05) is 12.1 Å². The highest BCUT2D eigenvalue weighted by molar-refractivity contribution is 6.03. The van der Waals surface area contributed by atoms with E-state index in [4.69, 9.17) is 9.15 Å². The number of nitrogens with zero attached hydrogens (tertiary/aromatic N) is 1. The van der Waals surface area contributed by atoms with Crippen LogP contribution >= 0.6 is 0 Å². The summed E-state index contributed by atoms with van der Waals surface area (Å²) in [6.45, 7) is 8.25. The van der Waals surface area contributed by atoms with Gasteiger partial charge in [-0.2, -0.15) is 4.98 Å². The molecule has 1 N–H and O–H groups in total. The lowest BCUT2D eigenvalue weighted by Gasteiger charge is -2.18. The number of rotatable bonds is 4. The normalized spacial score (nSPS) is 11.1. The van der Waals surface area contributed by atoms with Crippen LogP contribution in [-0.2, 0) is 10.2 Å². The molecule has 6 heteroatoms. The lowest BCUT2D eigenvalue weighted by molar-refractivity contribution is 0.0519. The Bertz CT molecular complexity index is 696. The van der Waals surface area contributed by atoms with Crippen LogP contribution in [0.3, 0.4) is 0 Å². The Balaban J connectivity index is 2.06. The van der Waals surface area contributed by atoms with Crippen molar-refractivity contribution in [1.29, 1.82) is 0 Å². The van der Waals surface area contributed by atoms with Gasteiger partial charge >= 0.3 is 12.0 Å². The number of carbonyl (C=O) groups excluding carboxylic acids is 2. The lowest BCUT2D eigenvalue weighted by Crippen LogP contribution is -2.14. The Kier molecular flexibility index (Phi) is 4.83. The predicted octanol–water partition coefficient (Wildman–Crippen LogP) is 3.40. The van der Waals surface area contributed by atoms with Crippen LogP contribution in [0.2, 0.25) is 0 Å². The van der Waals surface area contributed by atoms with Gasteiger partial charge in [-0.15, -0.1) is 0 Å². The zero-order chi connectivity index (χ0) is 17.0. The van der Waals surface area contributed by atoms with E-state index in [2.05, 4.69) is 31.1 Å². The van der Waals surface area contributed by atoms with E-state index in [0.29, 0.717) is 5.56 Å². The van der Waals surface area contributed by atoms with Crippen molar-refractivity contribution in [1.82, 2.24) is 4.98 Å². The number of aromatic nitrogens is 1. The summed E-state index contributed by atoms with van der Waals surface area (Å²) in [5.74, 6) is -0.950. The van der Waals surface area contributed by atoms with Crippen molar-refractivity contribution in [3.05, 3.63) is 47.3 Å². The highest BCUT2D eigenvalue weighted by atomic mass is 16.5. The van der Waals surface area contributed by atoms with E-state index in [-0.39, 0.29) is 29.6 Å². The molecule has 0 bridgehead atoms. The molecule has 2 aromatic rings. The molecule has 0 spiro atoms. The SMILES string of the molecule is CCOC(=O)c1coc(NC(=O)c2ccc(C(C)(C)C)cc2)n1. The number of ether oxygens (including phenoxy) is 1. The Morgan fingerprint density at radius 3 is 2.43 bits per heavy atom. The second-order valence-corrected chi connectivity index (χ2v) is 6.04. The fourth-order valence-electron chi connectivity index (χ4n) is 1.92. The number of hydrogen-bond donors (Lipinski definition) is 1. The molecule has 0 fully saturated rings. The van der Waals surface area contributed by atoms with E-state index in [1.54, 1.807) is 19.1 Å². The highest BCUT2D eigenvalue weighted by Gasteiger charge is 2.17. The summed E-state index contributed by atoms with van der Waals surface area (Å²) in [6, 6.07) is 7.26. The number of amides is 1. The number of oxazole rings is 1. The first-order valence-corrected chi connectivity index (χ1v) is 7.36. The quantitative estimate of drug-likeness (QED) is 0.874. The van der Waals surface area contributed by atoms with E-state index in [9.17, 15) is 9.59 Å². The van der Waals surface area contributed by atoms with Gasteiger partial charge in [-0.3, -0.25) is 10.1 Å². The van der Waals surface area contributed by atoms with E-state index in [0.717, 1.165) is 11.8 Å². The van der Waals surface area contributed by atoms with Crippen molar-refractivity contribution in [3.63, 3.8) is 0 Å². The van der Waals surface area contributed by atoms with Crippen molar-refractivity contribution < 1.29 is 18.7 Å². The Hall–Kier alpha value is -2.63. The van der Waals surface area contributed by atoms with Gasteiger partial charge in [0.05, 0.1) is 6.61 Å². The van der Waals surface area contributed by atoms with Crippen molar-refractivity contribution in [2.45, 2.75) is 33.1 Å². The molecule has 1 amide bonds. The maximum atomic E-state index is 12.2. The second-order valence-electron chi connectivity index (χ2n) is 6.04. The van der Waals surface area contributed by atoms with E-state index >= 15 is 0 Å². The van der Waals surface area contributed by atoms with Crippen molar-refractivity contribution in [2.24, 2.45) is 0 Å². The molecule has 0 aliphatic heterocycles. The van der Waals surface area contributed by atoms with Crippen molar-refractivity contribution >= 4 is 17.9 Å². The summed E-state index contributed by atoms with van der Waals surface area (Å²) in [4.78, 5) is 27.5. The third-order valence-electron chi connectivity index (χ3n) is 3.22. The number of carbonyl (C=O) groups is 2. The molecular formula is C17H20N2O4. The number of nitrogens with one attached hydrogen (secondary N) is 1. The summed E-state index contributed by atoms with van der Waals surface area (Å²) in [6.07, 6.45) is 1.15. The summed E-state index contributed by atoms with van der Waals surface area (Å²) in [5, 5.41) is 2.51. The zero-order valence-corrected chi connectivity index (χ0v) is 13.7. The minimum atomic E-state index is -0.591. The molecule has 0 aliphatic carbocycles. The van der Waals surface area contributed by atoms with Gasteiger partial charge in [0.25, 0.3) is 5.91 Å². The molecule has 2 rings (SSSR count). The van der Waals surface area contributed by atoms with Gasteiger partial charge in [0.2, 0.25) is 0 Å². The van der Waals surface area contributed by atoms with Gasteiger partial charge in [0.15, 0.2) is 5.69 Å². The first-order valence-electron chi connectivity index (χ1n) is 7.36. The van der Waals surface area contributed by atoms with Gasteiger partial charge in [0, 0.05) is 5.56 Å². The smallest absolute Gasteiger partial charge is 0.360 e. The Morgan fingerprint density at radius 2 is 1.87 bits per heavy atom. The van der Waals surface area contributed by atoms with Crippen molar-refractivity contribution in [3.8, 4) is 0 Å². The first kappa shape index (κ1) is 16.7. The summed E-state index contributed by atoms with van der Waals surface area (Å²) in [7, 11) is 0. The molecule has 1 aromatic carbocycles. The molecule has 0 saturated heterocycles. The summed E-state index contributed by atoms with van der Waals surface area (Å²) in [5.41, 5.74) is 1.65. The standard InChI is InChI=1S/C17H20N2O4/c1-5-22-15(21)13-10-23-16(18-13)19-14(20)11-6-8-12(9-7-11)17(2,3)4/h6-10H,5H2,1-4H3,(H,18,19,20). The molecular weight excluding hydrogens is 296 g/mol. The largest absolute Gasteiger partial charge is 0.461 e. The monoisotopic (exact) mass is 316 g/mol. The maximum absolute atomic E-state index is 12.2. The Labute approximate surface area is 134 Å². The van der Waals surface area contributed by atoms with E-state index < -0.39 is 5.97 Å². The maximum Gasteiger partial charge on any atom is 0.360 e. The summed E-state index contributed by atoms with van der Waals surface area (Å²) < 4.78 is 9.86. The van der Waals surface area contributed by atoms with Crippen LogP contribution in [-0.4, -0.2) is 23.5 Å². The molecule has 0 aliphatic rings. The van der Waals surface area contributed by atoms with Gasteiger partial charge in [-0.1, -0.05) is 32.9 Å². The minimum absolute atomic E-state index is 0.0187. The van der Waals surface area contributed by atoms with Crippen LogP contribution in [0.15, 0.2) is 34.9 Å². The average molecular weight is 316 g/mol. The third-order valence-corrected chi connectivity index (χ3v) is 3.22. The van der Waals surface area contributed by atoms with Gasteiger partial charge < -0.3 is 9.15 Å². The van der Waals surface area contributed by atoms with Crippen molar-refractivity contribution in [2.75, 3.05) is 11.9 Å². The molecule has 0 unspecified atom stereocenters. The van der Waals surface area contributed by atoms with Crippen LogP contribution in [0.4, 0.5) is 6.01 Å². The Morgan fingerprint density at radius 1 is 1.22 bits per heavy atom. The fraction of sp³-hybridized carbons (Fsp3) is 0.353. The molecule has 0 radical (unpaired) electrons.